The minimum Gasteiger partial charge on any atom is -0.370 e. The molecule has 1 fully saturated rings. The number of nitrogens with zero attached hydrogens (tertiary/aromatic N) is 1. The first kappa shape index (κ1) is 22.2. The summed E-state index contributed by atoms with van der Waals surface area (Å²) in [5.41, 5.74) is 7.79. The van der Waals surface area contributed by atoms with Crippen LogP contribution in [0, 0.1) is 6.92 Å². The fourth-order valence-corrected chi connectivity index (χ4v) is 3.26. The van der Waals surface area contributed by atoms with Gasteiger partial charge in [-0.15, -0.1) is 24.0 Å². The summed E-state index contributed by atoms with van der Waals surface area (Å²) in [7, 11) is 0. The molecule has 0 bridgehead atoms. The SMILES string of the molecule is Cc1ccc(Br)cc1NC(=O)CCN=C(N)NC1CCCCCC1.I. The molecule has 2 rings (SSSR count). The fourth-order valence-electron chi connectivity index (χ4n) is 2.90. The summed E-state index contributed by atoms with van der Waals surface area (Å²) in [6, 6.07) is 6.24. The summed E-state index contributed by atoms with van der Waals surface area (Å²) >= 11 is 3.41. The normalized spacial score (nSPS) is 15.8. The second-order valence-electron chi connectivity index (χ2n) is 6.36. The van der Waals surface area contributed by atoms with Gasteiger partial charge in [-0.25, -0.2) is 0 Å². The lowest BCUT2D eigenvalue weighted by Gasteiger charge is -2.16. The van der Waals surface area contributed by atoms with Crippen LogP contribution in [0.1, 0.15) is 50.5 Å². The number of rotatable bonds is 5. The van der Waals surface area contributed by atoms with Gasteiger partial charge in [0.1, 0.15) is 0 Å². The number of aryl methyl sites for hydroxylation is 1. The molecule has 1 aliphatic rings. The van der Waals surface area contributed by atoms with Gasteiger partial charge >= 0.3 is 0 Å². The number of hydrogen-bond donors (Lipinski definition) is 3. The molecule has 5 nitrogen and oxygen atoms in total. The molecule has 25 heavy (non-hydrogen) atoms. The van der Waals surface area contributed by atoms with Gasteiger partial charge in [0.05, 0.1) is 6.54 Å². The molecule has 0 aromatic heterocycles. The molecule has 0 aliphatic heterocycles. The zero-order chi connectivity index (χ0) is 17.4. The Kier molecular flexibility index (Phi) is 10.4. The van der Waals surface area contributed by atoms with Crippen molar-refractivity contribution >= 4 is 57.5 Å². The summed E-state index contributed by atoms with van der Waals surface area (Å²) < 4.78 is 0.943. The zero-order valence-electron chi connectivity index (χ0n) is 14.7. The summed E-state index contributed by atoms with van der Waals surface area (Å²) in [6.07, 6.45) is 7.74. The van der Waals surface area contributed by atoms with Crippen molar-refractivity contribution in [3.05, 3.63) is 28.2 Å². The molecule has 1 aliphatic carbocycles. The van der Waals surface area contributed by atoms with Crippen molar-refractivity contribution in [1.29, 1.82) is 0 Å². The molecule has 0 atom stereocenters. The molecule has 0 heterocycles. The van der Waals surface area contributed by atoms with Crippen molar-refractivity contribution in [1.82, 2.24) is 5.32 Å². The second-order valence-corrected chi connectivity index (χ2v) is 7.27. The first-order valence-electron chi connectivity index (χ1n) is 8.67. The molecule has 1 amide bonds. The van der Waals surface area contributed by atoms with Crippen LogP contribution in [-0.4, -0.2) is 24.5 Å². The topological polar surface area (TPSA) is 79.5 Å². The number of halogens is 2. The van der Waals surface area contributed by atoms with Crippen molar-refractivity contribution in [3.63, 3.8) is 0 Å². The van der Waals surface area contributed by atoms with Crippen LogP contribution in [0.15, 0.2) is 27.7 Å². The van der Waals surface area contributed by atoms with Crippen molar-refractivity contribution < 1.29 is 4.79 Å². The monoisotopic (exact) mass is 522 g/mol. The van der Waals surface area contributed by atoms with Gasteiger partial charge in [0.25, 0.3) is 0 Å². The van der Waals surface area contributed by atoms with E-state index in [1.807, 2.05) is 25.1 Å². The predicted octanol–water partition coefficient (Wildman–Crippen LogP) is 4.33. The fraction of sp³-hybridized carbons (Fsp3) is 0.556. The minimum absolute atomic E-state index is 0. The smallest absolute Gasteiger partial charge is 0.226 e. The maximum absolute atomic E-state index is 12.0. The van der Waals surface area contributed by atoms with E-state index in [2.05, 4.69) is 31.6 Å². The summed E-state index contributed by atoms with van der Waals surface area (Å²) in [4.78, 5) is 16.3. The average molecular weight is 523 g/mol. The second kappa shape index (κ2) is 11.7. The minimum atomic E-state index is -0.0535. The lowest BCUT2D eigenvalue weighted by Crippen LogP contribution is -2.40. The third-order valence-electron chi connectivity index (χ3n) is 4.30. The van der Waals surface area contributed by atoms with E-state index in [-0.39, 0.29) is 29.9 Å². The van der Waals surface area contributed by atoms with E-state index in [9.17, 15) is 4.79 Å². The number of nitrogens with one attached hydrogen (secondary N) is 2. The molecule has 0 radical (unpaired) electrons. The van der Waals surface area contributed by atoms with E-state index in [1.165, 1.54) is 25.7 Å². The first-order valence-corrected chi connectivity index (χ1v) is 9.46. The van der Waals surface area contributed by atoms with Crippen LogP contribution in [0.2, 0.25) is 0 Å². The van der Waals surface area contributed by atoms with E-state index in [1.54, 1.807) is 0 Å². The van der Waals surface area contributed by atoms with Crippen LogP contribution in [0.3, 0.4) is 0 Å². The van der Waals surface area contributed by atoms with Crippen LogP contribution in [0.5, 0.6) is 0 Å². The van der Waals surface area contributed by atoms with Gasteiger partial charge in [-0.1, -0.05) is 47.7 Å². The molecular formula is C18H28BrIN4O. The number of amides is 1. The Morgan fingerprint density at radius 2 is 1.96 bits per heavy atom. The van der Waals surface area contributed by atoms with Crippen molar-refractivity contribution in [2.24, 2.45) is 10.7 Å². The number of anilines is 1. The highest BCUT2D eigenvalue weighted by molar-refractivity contribution is 14.0. The Morgan fingerprint density at radius 1 is 1.28 bits per heavy atom. The lowest BCUT2D eigenvalue weighted by molar-refractivity contribution is -0.116. The Balaban J connectivity index is 0.00000312. The number of aliphatic imine (C=N–C) groups is 1. The number of guanidine groups is 1. The quantitative estimate of drug-likeness (QED) is 0.233. The molecule has 0 saturated heterocycles. The van der Waals surface area contributed by atoms with Crippen LogP contribution in [-0.2, 0) is 4.79 Å². The van der Waals surface area contributed by atoms with Gasteiger partial charge in [0, 0.05) is 22.6 Å². The standard InChI is InChI=1S/C18H27BrN4O.HI/c1-13-8-9-14(19)12-16(13)23-17(24)10-11-21-18(20)22-15-6-4-2-3-5-7-15;/h8-9,12,15H,2-7,10-11H2,1H3,(H,23,24)(H3,20,21,22);1H. The maximum Gasteiger partial charge on any atom is 0.226 e. The maximum atomic E-state index is 12.0. The van der Waals surface area contributed by atoms with E-state index < -0.39 is 0 Å². The van der Waals surface area contributed by atoms with E-state index in [0.717, 1.165) is 28.6 Å². The van der Waals surface area contributed by atoms with Crippen molar-refractivity contribution in [2.45, 2.75) is 57.9 Å². The van der Waals surface area contributed by atoms with Gasteiger partial charge in [-0.3, -0.25) is 9.79 Å². The molecule has 0 unspecified atom stereocenters. The summed E-state index contributed by atoms with van der Waals surface area (Å²) in [5, 5.41) is 6.20. The van der Waals surface area contributed by atoms with Crippen LogP contribution in [0.4, 0.5) is 5.69 Å². The van der Waals surface area contributed by atoms with Crippen LogP contribution < -0.4 is 16.4 Å². The number of hydrogen-bond acceptors (Lipinski definition) is 2. The van der Waals surface area contributed by atoms with Crippen molar-refractivity contribution in [3.8, 4) is 0 Å². The molecule has 1 aromatic carbocycles. The Labute approximate surface area is 175 Å². The molecule has 0 spiro atoms. The lowest BCUT2D eigenvalue weighted by atomic mass is 10.1. The third kappa shape index (κ3) is 8.40. The summed E-state index contributed by atoms with van der Waals surface area (Å²) in [5.74, 6) is 0.399. The van der Waals surface area contributed by atoms with Crippen molar-refractivity contribution in [2.75, 3.05) is 11.9 Å². The van der Waals surface area contributed by atoms with E-state index in [4.69, 9.17) is 5.73 Å². The molecule has 4 N–H and O–H groups in total. The van der Waals surface area contributed by atoms with Gasteiger partial charge in [0.15, 0.2) is 5.96 Å². The van der Waals surface area contributed by atoms with Gasteiger partial charge in [-0.2, -0.15) is 0 Å². The van der Waals surface area contributed by atoms with Crippen LogP contribution >= 0.6 is 39.9 Å². The average Bonchev–Trinajstić information content (AvgIpc) is 2.79. The highest BCUT2D eigenvalue weighted by Crippen LogP contribution is 2.20. The first-order chi connectivity index (χ1) is 11.5. The molecule has 7 heteroatoms. The molecule has 1 saturated carbocycles. The van der Waals surface area contributed by atoms with Gasteiger partial charge in [0.2, 0.25) is 5.91 Å². The number of nitrogens with two attached hydrogens (primary N) is 1. The number of carbonyl (C=O) groups is 1. The van der Waals surface area contributed by atoms with Crippen LogP contribution in [0.25, 0.3) is 0 Å². The third-order valence-corrected chi connectivity index (χ3v) is 4.80. The Morgan fingerprint density at radius 3 is 2.64 bits per heavy atom. The van der Waals surface area contributed by atoms with E-state index in [0.29, 0.717) is 25.0 Å². The van der Waals surface area contributed by atoms with Gasteiger partial charge in [-0.05, 0) is 37.5 Å². The number of benzene rings is 1. The Bertz CT molecular complexity index is 586. The summed E-state index contributed by atoms with van der Waals surface area (Å²) in [6.45, 7) is 2.36. The highest BCUT2D eigenvalue weighted by atomic mass is 127. The van der Waals surface area contributed by atoms with E-state index >= 15 is 0 Å². The molecular weight excluding hydrogens is 495 g/mol. The molecule has 140 valence electrons. The van der Waals surface area contributed by atoms with Gasteiger partial charge < -0.3 is 16.4 Å². The zero-order valence-corrected chi connectivity index (χ0v) is 18.6. The molecule has 1 aromatic rings. The Hall–Kier alpha value is -0.830. The number of carbonyl (C=O) groups excluding carboxylic acids is 1. The largest absolute Gasteiger partial charge is 0.370 e. The highest BCUT2D eigenvalue weighted by Gasteiger charge is 2.12. The predicted molar refractivity (Wildman–Crippen MR) is 119 cm³/mol.